The molecule has 0 radical (unpaired) electrons. The number of methoxy groups -OCH3 is 3. The van der Waals surface area contributed by atoms with Gasteiger partial charge in [0.05, 0.1) is 27.8 Å². The Morgan fingerprint density at radius 3 is 2.42 bits per heavy atom. The zero-order chi connectivity index (χ0) is 17.5. The van der Waals surface area contributed by atoms with E-state index in [1.54, 1.807) is 27.4 Å². The summed E-state index contributed by atoms with van der Waals surface area (Å²) in [6.45, 7) is 0.344. The fraction of sp³-hybridized carbons (Fsp3) is 0.278. The molecule has 0 aromatic heterocycles. The van der Waals surface area contributed by atoms with E-state index in [0.29, 0.717) is 30.2 Å². The van der Waals surface area contributed by atoms with Crippen molar-refractivity contribution < 1.29 is 19.0 Å². The molecule has 0 aliphatic rings. The normalized spacial score (nSPS) is 10.2. The van der Waals surface area contributed by atoms with Gasteiger partial charge in [-0.3, -0.25) is 4.79 Å². The van der Waals surface area contributed by atoms with Crippen LogP contribution < -0.4 is 19.5 Å². The molecule has 0 unspecified atom stereocenters. The number of hydrogen-bond donors (Lipinski definition) is 1. The van der Waals surface area contributed by atoms with Gasteiger partial charge >= 0.3 is 0 Å². The van der Waals surface area contributed by atoms with Crippen LogP contribution in [0.25, 0.3) is 0 Å². The van der Waals surface area contributed by atoms with Crippen molar-refractivity contribution in [2.75, 3.05) is 21.3 Å². The Balaban J connectivity index is 2.07. The molecule has 2 aromatic carbocycles. The highest BCUT2D eigenvalue weighted by atomic mass is 79.9. The molecular weight excluding hydrogens is 374 g/mol. The molecular formula is C18H20BrNO4. The molecule has 1 N–H and O–H groups in total. The van der Waals surface area contributed by atoms with Gasteiger partial charge in [0, 0.05) is 16.6 Å². The van der Waals surface area contributed by atoms with Gasteiger partial charge < -0.3 is 19.5 Å². The highest BCUT2D eigenvalue weighted by Crippen LogP contribution is 2.39. The average molecular weight is 394 g/mol. The van der Waals surface area contributed by atoms with Crippen molar-refractivity contribution in [1.29, 1.82) is 0 Å². The van der Waals surface area contributed by atoms with Gasteiger partial charge in [0.1, 0.15) is 0 Å². The number of nitrogens with one attached hydrogen (secondary N) is 1. The first kappa shape index (κ1) is 18.1. The standard InChI is InChI=1S/C18H20BrNO4/c1-22-15-8-7-13(17(23-2)18(15)24-3)11-20-16(21)10-12-5-4-6-14(19)9-12/h4-9H,10-11H2,1-3H3,(H,20,21). The summed E-state index contributed by atoms with van der Waals surface area (Å²) in [7, 11) is 4.68. The van der Waals surface area contributed by atoms with Crippen LogP contribution in [0.3, 0.4) is 0 Å². The highest BCUT2D eigenvalue weighted by molar-refractivity contribution is 9.10. The van der Waals surface area contributed by atoms with Crippen LogP contribution in [0, 0.1) is 0 Å². The van der Waals surface area contributed by atoms with Crippen molar-refractivity contribution in [1.82, 2.24) is 5.32 Å². The molecule has 24 heavy (non-hydrogen) atoms. The van der Waals surface area contributed by atoms with Crippen LogP contribution in [-0.2, 0) is 17.8 Å². The number of amides is 1. The molecule has 128 valence electrons. The Morgan fingerprint density at radius 2 is 1.79 bits per heavy atom. The van der Waals surface area contributed by atoms with E-state index in [2.05, 4.69) is 21.2 Å². The minimum atomic E-state index is -0.0649. The number of halogens is 1. The third-order valence-electron chi connectivity index (χ3n) is 3.52. The maximum absolute atomic E-state index is 12.2. The number of rotatable bonds is 7. The molecule has 0 heterocycles. The summed E-state index contributed by atoms with van der Waals surface area (Å²) < 4.78 is 17.0. The zero-order valence-corrected chi connectivity index (χ0v) is 15.5. The van der Waals surface area contributed by atoms with Gasteiger partial charge in [0.25, 0.3) is 0 Å². The Hall–Kier alpha value is -2.21. The van der Waals surface area contributed by atoms with Gasteiger partial charge in [-0.1, -0.05) is 28.1 Å². The van der Waals surface area contributed by atoms with Gasteiger partial charge in [-0.05, 0) is 29.8 Å². The summed E-state index contributed by atoms with van der Waals surface area (Å²) in [5.41, 5.74) is 1.76. The topological polar surface area (TPSA) is 56.8 Å². The smallest absolute Gasteiger partial charge is 0.224 e. The molecule has 0 aliphatic carbocycles. The van der Waals surface area contributed by atoms with Crippen LogP contribution in [0.4, 0.5) is 0 Å². The van der Waals surface area contributed by atoms with E-state index in [1.807, 2.05) is 30.3 Å². The summed E-state index contributed by atoms with van der Waals surface area (Å²) in [6.07, 6.45) is 0.315. The van der Waals surface area contributed by atoms with E-state index in [1.165, 1.54) is 0 Å². The molecule has 5 nitrogen and oxygen atoms in total. The summed E-state index contributed by atoms with van der Waals surface area (Å²) in [5.74, 6) is 1.59. The van der Waals surface area contributed by atoms with Crippen LogP contribution in [0.2, 0.25) is 0 Å². The predicted octanol–water partition coefficient (Wildman–Crippen LogP) is 3.33. The lowest BCUT2D eigenvalue weighted by Gasteiger charge is -2.16. The van der Waals surface area contributed by atoms with Crippen molar-refractivity contribution >= 4 is 21.8 Å². The molecule has 1 amide bonds. The first-order valence-corrected chi connectivity index (χ1v) is 8.17. The SMILES string of the molecule is COc1ccc(CNC(=O)Cc2cccc(Br)c2)c(OC)c1OC. The van der Waals surface area contributed by atoms with Crippen molar-refractivity contribution in [3.8, 4) is 17.2 Å². The second-order valence-electron chi connectivity index (χ2n) is 5.08. The van der Waals surface area contributed by atoms with Gasteiger partial charge in [0.15, 0.2) is 11.5 Å². The Morgan fingerprint density at radius 1 is 1.04 bits per heavy atom. The van der Waals surface area contributed by atoms with Crippen LogP contribution in [-0.4, -0.2) is 27.2 Å². The predicted molar refractivity (Wildman–Crippen MR) is 95.8 cm³/mol. The van der Waals surface area contributed by atoms with E-state index in [4.69, 9.17) is 14.2 Å². The van der Waals surface area contributed by atoms with Gasteiger partial charge in [-0.25, -0.2) is 0 Å². The Labute approximate surface area is 150 Å². The molecule has 0 spiro atoms. The van der Waals surface area contributed by atoms with Gasteiger partial charge in [0.2, 0.25) is 11.7 Å². The lowest BCUT2D eigenvalue weighted by molar-refractivity contribution is -0.120. The molecule has 0 aliphatic heterocycles. The quantitative estimate of drug-likeness (QED) is 0.783. The molecule has 2 rings (SSSR count). The first-order valence-electron chi connectivity index (χ1n) is 7.38. The zero-order valence-electron chi connectivity index (χ0n) is 13.9. The first-order chi connectivity index (χ1) is 11.6. The summed E-state index contributed by atoms with van der Waals surface area (Å²) in [4.78, 5) is 12.2. The largest absolute Gasteiger partial charge is 0.493 e. The van der Waals surface area contributed by atoms with E-state index in [9.17, 15) is 4.79 Å². The number of ether oxygens (including phenoxy) is 3. The van der Waals surface area contributed by atoms with E-state index in [0.717, 1.165) is 15.6 Å². The van der Waals surface area contributed by atoms with Crippen LogP contribution in [0.1, 0.15) is 11.1 Å². The third kappa shape index (κ3) is 4.41. The lowest BCUT2D eigenvalue weighted by Crippen LogP contribution is -2.24. The number of carbonyl (C=O) groups excluding carboxylic acids is 1. The Kier molecular flexibility index (Phi) is 6.49. The van der Waals surface area contributed by atoms with E-state index in [-0.39, 0.29) is 5.91 Å². The van der Waals surface area contributed by atoms with Crippen molar-refractivity contribution in [2.45, 2.75) is 13.0 Å². The molecule has 0 saturated carbocycles. The lowest BCUT2D eigenvalue weighted by atomic mass is 10.1. The number of carbonyl (C=O) groups is 1. The van der Waals surface area contributed by atoms with Crippen molar-refractivity contribution in [3.63, 3.8) is 0 Å². The third-order valence-corrected chi connectivity index (χ3v) is 4.01. The van der Waals surface area contributed by atoms with Crippen LogP contribution in [0.15, 0.2) is 40.9 Å². The molecule has 2 aromatic rings. The van der Waals surface area contributed by atoms with E-state index >= 15 is 0 Å². The highest BCUT2D eigenvalue weighted by Gasteiger charge is 2.16. The molecule has 0 atom stereocenters. The van der Waals surface area contributed by atoms with Crippen molar-refractivity contribution in [3.05, 3.63) is 52.0 Å². The minimum Gasteiger partial charge on any atom is -0.493 e. The molecule has 0 bridgehead atoms. The molecule has 0 fully saturated rings. The van der Waals surface area contributed by atoms with Crippen LogP contribution >= 0.6 is 15.9 Å². The van der Waals surface area contributed by atoms with Gasteiger partial charge in [-0.15, -0.1) is 0 Å². The number of benzene rings is 2. The fourth-order valence-corrected chi connectivity index (χ4v) is 2.84. The average Bonchev–Trinajstić information content (AvgIpc) is 2.58. The monoisotopic (exact) mass is 393 g/mol. The maximum atomic E-state index is 12.2. The van der Waals surface area contributed by atoms with E-state index < -0.39 is 0 Å². The fourth-order valence-electron chi connectivity index (χ4n) is 2.39. The molecule has 0 saturated heterocycles. The second kappa shape index (κ2) is 8.59. The minimum absolute atomic E-state index is 0.0649. The van der Waals surface area contributed by atoms with Gasteiger partial charge in [-0.2, -0.15) is 0 Å². The van der Waals surface area contributed by atoms with Crippen molar-refractivity contribution in [2.24, 2.45) is 0 Å². The number of hydrogen-bond acceptors (Lipinski definition) is 4. The summed E-state index contributed by atoms with van der Waals surface area (Å²) in [6, 6.07) is 11.3. The Bertz CT molecular complexity index is 718. The second-order valence-corrected chi connectivity index (χ2v) is 5.99. The maximum Gasteiger partial charge on any atom is 0.224 e. The summed E-state index contributed by atoms with van der Waals surface area (Å²) in [5, 5.41) is 2.90. The summed E-state index contributed by atoms with van der Waals surface area (Å²) >= 11 is 3.40. The van der Waals surface area contributed by atoms with Crippen LogP contribution in [0.5, 0.6) is 17.2 Å². The molecule has 6 heteroatoms.